The number of halogens is 2. The van der Waals surface area contributed by atoms with Gasteiger partial charge in [0.05, 0.1) is 19.9 Å². The summed E-state index contributed by atoms with van der Waals surface area (Å²) in [5.41, 5.74) is 2.29. The summed E-state index contributed by atoms with van der Waals surface area (Å²) in [7, 11) is 3.11. The Bertz CT molecular complexity index is 1190. The third kappa shape index (κ3) is 4.22. The number of hydrogen-bond donors (Lipinski definition) is 0. The molecule has 1 aliphatic heterocycles. The van der Waals surface area contributed by atoms with E-state index in [9.17, 15) is 9.18 Å². The molecule has 7 heteroatoms. The maximum Gasteiger partial charge on any atom is 0.282 e. The molecule has 3 aromatic rings. The zero-order chi connectivity index (χ0) is 22.0. The third-order valence-corrected chi connectivity index (χ3v) is 5.29. The number of carbonyl (C=O) groups excluding carboxylic acids is 1. The number of methoxy groups -OCH3 is 2. The number of anilines is 1. The van der Waals surface area contributed by atoms with Crippen molar-refractivity contribution in [3.63, 3.8) is 0 Å². The van der Waals surface area contributed by atoms with Gasteiger partial charge < -0.3 is 9.47 Å². The summed E-state index contributed by atoms with van der Waals surface area (Å²) in [5, 5.41) is 0. The van der Waals surface area contributed by atoms with Crippen molar-refractivity contribution < 1.29 is 18.7 Å². The van der Waals surface area contributed by atoms with Gasteiger partial charge in [0.15, 0.2) is 11.5 Å². The minimum atomic E-state index is -0.376. The topological polar surface area (TPSA) is 51.1 Å². The Kier molecular flexibility index (Phi) is 5.86. The van der Waals surface area contributed by atoms with E-state index in [0.717, 1.165) is 15.6 Å². The van der Waals surface area contributed by atoms with Gasteiger partial charge >= 0.3 is 0 Å². The van der Waals surface area contributed by atoms with Gasteiger partial charge in [0.2, 0.25) is 0 Å². The molecule has 0 bridgehead atoms. The largest absolute Gasteiger partial charge is 0.493 e. The van der Waals surface area contributed by atoms with Crippen LogP contribution < -0.4 is 14.4 Å². The lowest BCUT2D eigenvalue weighted by Crippen LogP contribution is -2.32. The summed E-state index contributed by atoms with van der Waals surface area (Å²) < 4.78 is 25.0. The van der Waals surface area contributed by atoms with Crippen molar-refractivity contribution >= 4 is 39.4 Å². The SMILES string of the molecule is COc1ccc(/C=C2/N=C(c3ccc(Br)cc3)N(c3ccc(F)cc3)C2=O)cc1OC. The molecule has 0 aromatic heterocycles. The number of aliphatic imine (C=N–C) groups is 1. The van der Waals surface area contributed by atoms with Crippen molar-refractivity contribution in [3.05, 3.63) is 93.8 Å². The van der Waals surface area contributed by atoms with Crippen LogP contribution >= 0.6 is 15.9 Å². The molecule has 0 saturated carbocycles. The lowest BCUT2D eigenvalue weighted by atomic mass is 10.1. The Morgan fingerprint density at radius 3 is 2.26 bits per heavy atom. The van der Waals surface area contributed by atoms with Crippen molar-refractivity contribution in [2.45, 2.75) is 0 Å². The normalized spacial score (nSPS) is 14.7. The molecule has 4 rings (SSSR count). The minimum Gasteiger partial charge on any atom is -0.493 e. The van der Waals surface area contributed by atoms with Gasteiger partial charge in [-0.05, 0) is 60.2 Å². The standard InChI is InChI=1S/C24H18BrFN2O3/c1-30-21-12-3-15(14-22(21)31-2)13-20-24(29)28(19-10-8-18(26)9-11-19)23(27-20)16-4-6-17(25)7-5-16/h3-14H,1-2H3/b20-13+. The number of carbonyl (C=O) groups is 1. The Hall–Kier alpha value is -3.45. The molecule has 0 N–H and O–H groups in total. The van der Waals surface area contributed by atoms with Crippen LogP contribution in [0.25, 0.3) is 6.08 Å². The molecule has 1 amide bonds. The number of ether oxygens (including phenoxy) is 2. The molecule has 0 unspecified atom stereocenters. The maximum atomic E-state index is 13.5. The van der Waals surface area contributed by atoms with Gasteiger partial charge in [-0.1, -0.05) is 34.1 Å². The Balaban J connectivity index is 1.80. The lowest BCUT2D eigenvalue weighted by Gasteiger charge is -2.18. The molecule has 0 fully saturated rings. The van der Waals surface area contributed by atoms with Crippen LogP contribution in [-0.2, 0) is 4.79 Å². The molecule has 5 nitrogen and oxygen atoms in total. The van der Waals surface area contributed by atoms with Crippen LogP contribution in [0.4, 0.5) is 10.1 Å². The summed E-state index contributed by atoms with van der Waals surface area (Å²) in [4.78, 5) is 19.4. The van der Waals surface area contributed by atoms with Gasteiger partial charge in [-0.2, -0.15) is 0 Å². The second kappa shape index (κ2) is 8.73. The molecule has 0 atom stereocenters. The molecular formula is C24H18BrFN2O3. The van der Waals surface area contributed by atoms with Crippen LogP contribution in [0.3, 0.4) is 0 Å². The highest BCUT2D eigenvalue weighted by Crippen LogP contribution is 2.31. The highest BCUT2D eigenvalue weighted by atomic mass is 79.9. The monoisotopic (exact) mass is 480 g/mol. The van der Waals surface area contributed by atoms with E-state index in [1.165, 1.54) is 17.0 Å². The summed E-state index contributed by atoms with van der Waals surface area (Å²) >= 11 is 3.42. The maximum absolute atomic E-state index is 13.5. The summed E-state index contributed by atoms with van der Waals surface area (Å²) in [5.74, 6) is 0.929. The lowest BCUT2D eigenvalue weighted by molar-refractivity contribution is -0.113. The molecule has 3 aromatic carbocycles. The Labute approximate surface area is 187 Å². The number of amides is 1. The zero-order valence-corrected chi connectivity index (χ0v) is 18.4. The first-order valence-electron chi connectivity index (χ1n) is 9.38. The van der Waals surface area contributed by atoms with Crippen molar-refractivity contribution in [1.29, 1.82) is 0 Å². The molecule has 0 spiro atoms. The van der Waals surface area contributed by atoms with E-state index in [0.29, 0.717) is 23.0 Å². The van der Waals surface area contributed by atoms with E-state index in [1.54, 1.807) is 44.6 Å². The van der Waals surface area contributed by atoms with Gasteiger partial charge in [0, 0.05) is 10.0 Å². The molecule has 0 saturated heterocycles. The summed E-state index contributed by atoms with van der Waals surface area (Å²) in [6, 6.07) is 18.6. The number of nitrogens with zero attached hydrogens (tertiary/aromatic N) is 2. The predicted molar refractivity (Wildman–Crippen MR) is 122 cm³/mol. The van der Waals surface area contributed by atoms with Gasteiger partial charge in [-0.15, -0.1) is 0 Å². The van der Waals surface area contributed by atoms with Crippen LogP contribution in [0.2, 0.25) is 0 Å². The first-order chi connectivity index (χ1) is 15.0. The zero-order valence-electron chi connectivity index (χ0n) is 16.8. The number of benzene rings is 3. The molecule has 0 radical (unpaired) electrons. The average molecular weight is 481 g/mol. The fourth-order valence-corrected chi connectivity index (χ4v) is 3.50. The molecule has 1 aliphatic rings. The molecule has 1 heterocycles. The molecule has 0 aliphatic carbocycles. The first kappa shape index (κ1) is 20.8. The van der Waals surface area contributed by atoms with Crippen LogP contribution in [0.5, 0.6) is 11.5 Å². The van der Waals surface area contributed by atoms with Crippen LogP contribution in [-0.4, -0.2) is 26.0 Å². The van der Waals surface area contributed by atoms with Gasteiger partial charge in [0.25, 0.3) is 5.91 Å². The summed E-state index contributed by atoms with van der Waals surface area (Å²) in [6.45, 7) is 0. The molecule has 31 heavy (non-hydrogen) atoms. The van der Waals surface area contributed by atoms with Crippen molar-refractivity contribution in [3.8, 4) is 11.5 Å². The number of rotatable bonds is 5. The first-order valence-corrected chi connectivity index (χ1v) is 10.2. The third-order valence-electron chi connectivity index (χ3n) is 4.76. The van der Waals surface area contributed by atoms with Crippen LogP contribution in [0.15, 0.2) is 81.9 Å². The fourth-order valence-electron chi connectivity index (χ4n) is 3.24. The van der Waals surface area contributed by atoms with Gasteiger partial charge in [-0.25, -0.2) is 9.38 Å². The van der Waals surface area contributed by atoms with E-state index in [-0.39, 0.29) is 17.4 Å². The van der Waals surface area contributed by atoms with E-state index in [1.807, 2.05) is 30.3 Å². The Morgan fingerprint density at radius 2 is 1.61 bits per heavy atom. The van der Waals surface area contributed by atoms with E-state index in [4.69, 9.17) is 9.47 Å². The fraction of sp³-hybridized carbons (Fsp3) is 0.0833. The van der Waals surface area contributed by atoms with E-state index >= 15 is 0 Å². The van der Waals surface area contributed by atoms with E-state index < -0.39 is 0 Å². The highest BCUT2D eigenvalue weighted by Gasteiger charge is 2.32. The summed E-state index contributed by atoms with van der Waals surface area (Å²) in [6.07, 6.45) is 1.69. The second-order valence-corrected chi connectivity index (χ2v) is 7.62. The van der Waals surface area contributed by atoms with Crippen LogP contribution in [0.1, 0.15) is 11.1 Å². The van der Waals surface area contributed by atoms with Gasteiger partial charge in [0.1, 0.15) is 17.3 Å². The smallest absolute Gasteiger partial charge is 0.282 e. The van der Waals surface area contributed by atoms with E-state index in [2.05, 4.69) is 20.9 Å². The average Bonchev–Trinajstić information content (AvgIpc) is 3.10. The van der Waals surface area contributed by atoms with Crippen LogP contribution in [0, 0.1) is 5.82 Å². The quantitative estimate of drug-likeness (QED) is 0.456. The van der Waals surface area contributed by atoms with Gasteiger partial charge in [-0.3, -0.25) is 9.69 Å². The highest BCUT2D eigenvalue weighted by molar-refractivity contribution is 9.10. The predicted octanol–water partition coefficient (Wildman–Crippen LogP) is 5.44. The van der Waals surface area contributed by atoms with Crippen molar-refractivity contribution in [2.75, 3.05) is 19.1 Å². The molecular weight excluding hydrogens is 463 g/mol. The minimum absolute atomic E-state index is 0.259. The van der Waals surface area contributed by atoms with Crippen molar-refractivity contribution in [1.82, 2.24) is 0 Å². The second-order valence-electron chi connectivity index (χ2n) is 6.70. The number of hydrogen-bond acceptors (Lipinski definition) is 4. The van der Waals surface area contributed by atoms with Crippen molar-refractivity contribution in [2.24, 2.45) is 4.99 Å². The molecule has 156 valence electrons. The Morgan fingerprint density at radius 1 is 0.935 bits per heavy atom. The number of amidine groups is 1.